The molecule has 0 radical (unpaired) electrons. The fourth-order valence-corrected chi connectivity index (χ4v) is 2.92. The number of nitrogens with one attached hydrogen (secondary N) is 1. The lowest BCUT2D eigenvalue weighted by Crippen LogP contribution is -2.64. The van der Waals surface area contributed by atoms with Crippen LogP contribution >= 0.6 is 7.75 Å². The second-order valence-electron chi connectivity index (χ2n) is 3.30. The smallest absolute Gasteiger partial charge is 0.312 e. The van der Waals surface area contributed by atoms with Crippen LogP contribution in [0.3, 0.4) is 0 Å². The fourth-order valence-electron chi connectivity index (χ4n) is 0.743. The van der Waals surface area contributed by atoms with E-state index in [2.05, 4.69) is 0 Å². The van der Waals surface area contributed by atoms with Crippen LogP contribution in [0.5, 0.6) is 0 Å². The highest BCUT2D eigenvalue weighted by Crippen LogP contribution is 2.55. The van der Waals surface area contributed by atoms with Crippen molar-refractivity contribution in [2.75, 3.05) is 0 Å². The zero-order valence-corrected chi connectivity index (χ0v) is 10.6. The molecule has 0 saturated carbocycles. The molecule has 0 atom stereocenters. The Labute approximate surface area is 109 Å². The molecular formula is C4H3F9NO5PS. The van der Waals surface area contributed by atoms with Crippen LogP contribution in [0.1, 0.15) is 0 Å². The minimum atomic E-state index is -7.56. The molecule has 17 heteroatoms. The first-order chi connectivity index (χ1) is 8.71. The first kappa shape index (κ1) is 20.4. The minimum absolute atomic E-state index is 0.426. The molecule has 0 heterocycles. The predicted octanol–water partition coefficient (Wildman–Crippen LogP) is 1.42. The van der Waals surface area contributed by atoms with Crippen molar-refractivity contribution >= 4 is 17.8 Å². The highest BCUT2D eigenvalue weighted by molar-refractivity contribution is 7.95. The number of rotatable bonds is 5. The predicted molar refractivity (Wildman–Crippen MR) is 45.0 cm³/mol. The summed E-state index contributed by atoms with van der Waals surface area (Å²) in [5.74, 6) is -15.1. The summed E-state index contributed by atoms with van der Waals surface area (Å²) in [7, 11) is -13.5. The molecule has 0 aromatic carbocycles. The van der Waals surface area contributed by atoms with Gasteiger partial charge in [0.2, 0.25) is 0 Å². The van der Waals surface area contributed by atoms with Crippen molar-refractivity contribution in [2.24, 2.45) is 0 Å². The van der Waals surface area contributed by atoms with Crippen molar-refractivity contribution in [1.82, 2.24) is 4.49 Å². The van der Waals surface area contributed by atoms with Crippen LogP contribution in [0.2, 0.25) is 0 Å². The summed E-state index contributed by atoms with van der Waals surface area (Å²) in [5.41, 5.74) is 0. The minimum Gasteiger partial charge on any atom is -0.312 e. The van der Waals surface area contributed by atoms with E-state index in [0.717, 1.165) is 0 Å². The van der Waals surface area contributed by atoms with Gasteiger partial charge in [-0.3, -0.25) is 0 Å². The van der Waals surface area contributed by atoms with Crippen molar-refractivity contribution in [3.63, 3.8) is 0 Å². The Bertz CT molecular complexity index is 549. The number of alkyl halides is 9. The molecule has 0 unspecified atom stereocenters. The molecule has 0 fully saturated rings. The highest BCUT2D eigenvalue weighted by Gasteiger charge is 2.85. The maximum absolute atomic E-state index is 12.8. The molecule has 0 rings (SSSR count). The van der Waals surface area contributed by atoms with E-state index in [1.165, 1.54) is 0 Å². The average Bonchev–Trinajstić information content (AvgIpc) is 2.10. The van der Waals surface area contributed by atoms with Crippen LogP contribution in [0, 0.1) is 0 Å². The summed E-state index contributed by atoms with van der Waals surface area (Å²) in [6.07, 6.45) is -7.27. The maximum Gasteiger partial charge on any atom is 0.460 e. The molecule has 0 aliphatic heterocycles. The van der Waals surface area contributed by atoms with Gasteiger partial charge < -0.3 is 9.79 Å². The first-order valence-electron chi connectivity index (χ1n) is 4.00. The van der Waals surface area contributed by atoms with E-state index in [1.807, 2.05) is 0 Å². The molecule has 0 spiro atoms. The number of hydrogen-bond acceptors (Lipinski definition) is 3. The van der Waals surface area contributed by atoms with Gasteiger partial charge in [-0.2, -0.15) is 39.5 Å². The second kappa shape index (κ2) is 4.97. The normalized spacial score (nSPS) is 16.1. The van der Waals surface area contributed by atoms with E-state index in [-0.39, 0.29) is 0 Å². The summed E-state index contributed by atoms with van der Waals surface area (Å²) in [4.78, 5) is 16.0. The number of sulfonamides is 1. The summed E-state index contributed by atoms with van der Waals surface area (Å²) in [5, 5.41) is -7.19. The number of hydrogen-bond donors (Lipinski definition) is 3. The number of halogens is 9. The Morgan fingerprint density at radius 2 is 1.14 bits per heavy atom. The van der Waals surface area contributed by atoms with Crippen LogP contribution in [-0.4, -0.2) is 41.5 Å². The van der Waals surface area contributed by atoms with Crippen molar-refractivity contribution in [3.05, 3.63) is 0 Å². The van der Waals surface area contributed by atoms with Gasteiger partial charge in [0.25, 0.3) is 10.0 Å². The highest BCUT2D eigenvalue weighted by atomic mass is 32.2. The Morgan fingerprint density at radius 3 is 1.38 bits per heavy atom. The largest absolute Gasteiger partial charge is 0.460 e. The van der Waals surface area contributed by atoms with E-state index in [4.69, 9.17) is 9.79 Å². The van der Waals surface area contributed by atoms with Gasteiger partial charge in [-0.25, -0.2) is 13.0 Å². The standard InChI is InChI=1S/C4H3F9NO5PS/c5-1(6,3(9,10)11)2(7,8)4(12,13)21(18,19)14-20(15,16)17/h(H3,14,15,16,17). The molecule has 0 aromatic rings. The van der Waals surface area contributed by atoms with Crippen LogP contribution in [-0.2, 0) is 14.6 Å². The maximum atomic E-state index is 12.8. The topological polar surface area (TPSA) is 104 Å². The van der Waals surface area contributed by atoms with Gasteiger partial charge in [0.15, 0.2) is 0 Å². The Kier molecular flexibility index (Phi) is 4.84. The fraction of sp³-hybridized carbons (Fsp3) is 1.00. The Balaban J connectivity index is 6.08. The van der Waals surface area contributed by atoms with Crippen LogP contribution in [0.15, 0.2) is 0 Å². The van der Waals surface area contributed by atoms with Crippen LogP contribution in [0.25, 0.3) is 0 Å². The molecule has 0 amide bonds. The second-order valence-corrected chi connectivity index (χ2v) is 6.64. The quantitative estimate of drug-likeness (QED) is 0.495. The molecule has 0 bridgehead atoms. The molecule has 21 heavy (non-hydrogen) atoms. The van der Waals surface area contributed by atoms with Gasteiger partial charge in [0, 0.05) is 0 Å². The zero-order valence-electron chi connectivity index (χ0n) is 8.88. The van der Waals surface area contributed by atoms with Crippen molar-refractivity contribution < 1.29 is 62.3 Å². The van der Waals surface area contributed by atoms with Gasteiger partial charge in [-0.15, -0.1) is 4.49 Å². The Hall–Kier alpha value is -0.570. The molecule has 0 saturated heterocycles. The average molecular weight is 379 g/mol. The molecule has 0 aromatic heterocycles. The summed E-state index contributed by atoms with van der Waals surface area (Å²) in [6, 6.07) is 0. The summed E-state index contributed by atoms with van der Waals surface area (Å²) >= 11 is 0. The lowest BCUT2D eigenvalue weighted by molar-refractivity contribution is -0.382. The van der Waals surface area contributed by atoms with Crippen molar-refractivity contribution in [1.29, 1.82) is 0 Å². The molecule has 128 valence electrons. The summed E-state index contributed by atoms with van der Waals surface area (Å²) < 4.78 is 141. The van der Waals surface area contributed by atoms with E-state index in [0.29, 0.717) is 0 Å². The van der Waals surface area contributed by atoms with Gasteiger partial charge in [-0.05, 0) is 0 Å². The van der Waals surface area contributed by atoms with E-state index in [9.17, 15) is 52.5 Å². The van der Waals surface area contributed by atoms with Crippen LogP contribution in [0.4, 0.5) is 39.5 Å². The van der Waals surface area contributed by atoms with Gasteiger partial charge in [0.05, 0.1) is 0 Å². The van der Waals surface area contributed by atoms with Gasteiger partial charge in [-0.1, -0.05) is 0 Å². The molecule has 6 nitrogen and oxygen atoms in total. The Morgan fingerprint density at radius 1 is 0.810 bits per heavy atom. The monoisotopic (exact) mass is 379 g/mol. The molecule has 0 aliphatic rings. The first-order valence-corrected chi connectivity index (χ1v) is 7.09. The van der Waals surface area contributed by atoms with Gasteiger partial charge in [0.1, 0.15) is 0 Å². The zero-order chi connectivity index (χ0) is 17.7. The molecule has 0 aliphatic carbocycles. The van der Waals surface area contributed by atoms with E-state index in [1.54, 1.807) is 0 Å². The molecule has 3 N–H and O–H groups in total. The summed E-state index contributed by atoms with van der Waals surface area (Å²) in [6.45, 7) is 0. The lowest BCUT2D eigenvalue weighted by atomic mass is 10.1. The molecular weight excluding hydrogens is 376 g/mol. The van der Waals surface area contributed by atoms with E-state index < -0.39 is 45.5 Å². The third-order valence-corrected chi connectivity index (χ3v) is 4.54. The lowest BCUT2D eigenvalue weighted by Gasteiger charge is -2.32. The third-order valence-electron chi connectivity index (χ3n) is 1.69. The SMILES string of the molecule is O=P(O)(O)NS(=O)(=O)C(F)(F)C(F)(F)C(F)(F)C(F)(F)F. The third kappa shape index (κ3) is 3.44. The van der Waals surface area contributed by atoms with Crippen molar-refractivity contribution in [3.8, 4) is 0 Å². The van der Waals surface area contributed by atoms with E-state index >= 15 is 0 Å². The van der Waals surface area contributed by atoms with Gasteiger partial charge >= 0.3 is 31.0 Å². The van der Waals surface area contributed by atoms with Crippen molar-refractivity contribution in [2.45, 2.75) is 23.3 Å². The van der Waals surface area contributed by atoms with Crippen LogP contribution < -0.4 is 4.49 Å².